The van der Waals surface area contributed by atoms with Crippen molar-refractivity contribution in [3.8, 4) is 0 Å². The number of halogens is 1. The van der Waals surface area contributed by atoms with E-state index in [1.165, 1.54) is 0 Å². The van der Waals surface area contributed by atoms with Crippen molar-refractivity contribution in [3.63, 3.8) is 0 Å². The zero-order chi connectivity index (χ0) is 12.1. The summed E-state index contributed by atoms with van der Waals surface area (Å²) in [6, 6.07) is 5.82. The highest BCUT2D eigenvalue weighted by Crippen LogP contribution is 2.27. The van der Waals surface area contributed by atoms with Crippen molar-refractivity contribution in [3.05, 3.63) is 22.7 Å². The molecular formula is C12H19BrN2O. The first-order valence-corrected chi connectivity index (χ1v) is 6.17. The van der Waals surface area contributed by atoms with Crippen molar-refractivity contribution in [2.24, 2.45) is 0 Å². The number of nitrogens with zero attached hydrogens (tertiary/aromatic N) is 1. The largest absolute Gasteiger partial charge is 0.399 e. The van der Waals surface area contributed by atoms with Gasteiger partial charge < -0.3 is 15.4 Å². The lowest BCUT2D eigenvalue weighted by Gasteiger charge is -2.21. The van der Waals surface area contributed by atoms with Gasteiger partial charge in [0.1, 0.15) is 0 Å². The Labute approximate surface area is 106 Å². The minimum atomic E-state index is 0.281. The molecule has 0 atom stereocenters. The fraction of sp³-hybridized carbons (Fsp3) is 0.500. The molecule has 90 valence electrons. The number of benzene rings is 1. The number of ether oxygens (including phenoxy) is 1. The Kier molecular flexibility index (Phi) is 5.09. The number of hydrogen-bond acceptors (Lipinski definition) is 3. The molecule has 0 aliphatic heterocycles. The Morgan fingerprint density at radius 2 is 2.12 bits per heavy atom. The van der Waals surface area contributed by atoms with Gasteiger partial charge in [0.2, 0.25) is 0 Å². The average Bonchev–Trinajstić information content (AvgIpc) is 2.16. The van der Waals surface area contributed by atoms with E-state index in [1.807, 2.05) is 39.1 Å². The van der Waals surface area contributed by atoms with Gasteiger partial charge in [0.25, 0.3) is 0 Å². The molecule has 0 bridgehead atoms. The molecule has 4 heteroatoms. The first kappa shape index (κ1) is 13.3. The molecule has 0 unspecified atom stereocenters. The lowest BCUT2D eigenvalue weighted by molar-refractivity contribution is 0.0846. The van der Waals surface area contributed by atoms with E-state index in [9.17, 15) is 0 Å². The highest BCUT2D eigenvalue weighted by Gasteiger charge is 2.06. The fourth-order valence-corrected chi connectivity index (χ4v) is 2.08. The van der Waals surface area contributed by atoms with Gasteiger partial charge in [-0.3, -0.25) is 0 Å². The summed E-state index contributed by atoms with van der Waals surface area (Å²) in [7, 11) is 2.04. The molecule has 0 aliphatic rings. The van der Waals surface area contributed by atoms with Gasteiger partial charge in [-0.2, -0.15) is 0 Å². The minimum absolute atomic E-state index is 0.281. The normalized spacial score (nSPS) is 10.8. The molecule has 0 radical (unpaired) electrons. The van der Waals surface area contributed by atoms with E-state index >= 15 is 0 Å². The first-order chi connectivity index (χ1) is 7.50. The van der Waals surface area contributed by atoms with Crippen LogP contribution < -0.4 is 10.6 Å². The van der Waals surface area contributed by atoms with Crippen molar-refractivity contribution >= 4 is 27.3 Å². The second kappa shape index (κ2) is 6.11. The summed E-state index contributed by atoms with van der Waals surface area (Å²) in [5.41, 5.74) is 7.59. The van der Waals surface area contributed by atoms with Gasteiger partial charge in [0, 0.05) is 23.8 Å². The summed E-state index contributed by atoms with van der Waals surface area (Å²) in [6.07, 6.45) is 0.281. The highest BCUT2D eigenvalue weighted by atomic mass is 79.9. The highest BCUT2D eigenvalue weighted by molar-refractivity contribution is 9.10. The summed E-state index contributed by atoms with van der Waals surface area (Å²) in [5.74, 6) is 0. The molecule has 0 fully saturated rings. The third-order valence-electron chi connectivity index (χ3n) is 2.26. The second-order valence-electron chi connectivity index (χ2n) is 4.05. The molecular weight excluding hydrogens is 268 g/mol. The monoisotopic (exact) mass is 286 g/mol. The summed E-state index contributed by atoms with van der Waals surface area (Å²) < 4.78 is 6.53. The predicted molar refractivity (Wildman–Crippen MR) is 72.9 cm³/mol. The smallest absolute Gasteiger partial charge is 0.0644 e. The first-order valence-electron chi connectivity index (χ1n) is 5.38. The molecule has 1 aromatic carbocycles. The average molecular weight is 287 g/mol. The van der Waals surface area contributed by atoms with Crippen molar-refractivity contribution in [1.82, 2.24) is 0 Å². The molecule has 16 heavy (non-hydrogen) atoms. The van der Waals surface area contributed by atoms with E-state index in [0.717, 1.165) is 29.0 Å². The molecule has 0 saturated carbocycles. The molecule has 3 nitrogen and oxygen atoms in total. The van der Waals surface area contributed by atoms with E-state index in [0.29, 0.717) is 0 Å². The standard InChI is InChI=1S/C12H19BrN2O/c1-9(2)16-7-6-15(3)12-5-4-10(14)8-11(12)13/h4-5,8-9H,6-7,14H2,1-3H3. The summed E-state index contributed by atoms with van der Waals surface area (Å²) in [6.45, 7) is 5.67. The third kappa shape index (κ3) is 4.02. The third-order valence-corrected chi connectivity index (χ3v) is 2.90. The Hall–Kier alpha value is -0.740. The molecule has 1 aromatic rings. The number of likely N-dealkylation sites (N-methyl/N-ethyl adjacent to an activating group) is 1. The number of nitrogens with two attached hydrogens (primary N) is 1. The molecule has 2 N–H and O–H groups in total. The van der Waals surface area contributed by atoms with Crippen LogP contribution in [0.25, 0.3) is 0 Å². The molecule has 0 aromatic heterocycles. The summed E-state index contributed by atoms with van der Waals surface area (Å²) >= 11 is 3.51. The molecule has 0 aliphatic carbocycles. The number of rotatable bonds is 5. The van der Waals surface area contributed by atoms with E-state index in [-0.39, 0.29) is 6.10 Å². The van der Waals surface area contributed by atoms with Gasteiger partial charge in [0.05, 0.1) is 18.4 Å². The lowest BCUT2D eigenvalue weighted by Crippen LogP contribution is -2.24. The van der Waals surface area contributed by atoms with Crippen LogP contribution in [-0.4, -0.2) is 26.3 Å². The number of hydrogen-bond donors (Lipinski definition) is 1. The lowest BCUT2D eigenvalue weighted by atomic mass is 10.2. The molecule has 1 rings (SSSR count). The number of anilines is 2. The minimum Gasteiger partial charge on any atom is -0.399 e. The summed E-state index contributed by atoms with van der Waals surface area (Å²) in [5, 5.41) is 0. The van der Waals surface area contributed by atoms with Crippen LogP contribution in [0.15, 0.2) is 22.7 Å². The number of nitrogen functional groups attached to an aromatic ring is 1. The topological polar surface area (TPSA) is 38.5 Å². The van der Waals surface area contributed by atoms with Gasteiger partial charge in [-0.05, 0) is 48.0 Å². The van der Waals surface area contributed by atoms with E-state index in [2.05, 4.69) is 20.8 Å². The van der Waals surface area contributed by atoms with Crippen molar-refractivity contribution in [2.45, 2.75) is 20.0 Å². The Balaban J connectivity index is 2.55. The maximum absolute atomic E-state index is 5.69. The van der Waals surface area contributed by atoms with Crippen LogP contribution in [0.3, 0.4) is 0 Å². The Morgan fingerprint density at radius 3 is 2.69 bits per heavy atom. The quantitative estimate of drug-likeness (QED) is 0.846. The van der Waals surface area contributed by atoms with Crippen LogP contribution in [0.5, 0.6) is 0 Å². The van der Waals surface area contributed by atoms with Crippen molar-refractivity contribution in [1.29, 1.82) is 0 Å². The summed E-state index contributed by atoms with van der Waals surface area (Å²) in [4.78, 5) is 2.14. The van der Waals surface area contributed by atoms with E-state index < -0.39 is 0 Å². The van der Waals surface area contributed by atoms with Crippen molar-refractivity contribution < 1.29 is 4.74 Å². The molecule has 0 spiro atoms. The zero-order valence-electron chi connectivity index (χ0n) is 10.0. The van der Waals surface area contributed by atoms with Crippen molar-refractivity contribution in [2.75, 3.05) is 30.8 Å². The van der Waals surface area contributed by atoms with Crippen LogP contribution in [-0.2, 0) is 4.74 Å². The van der Waals surface area contributed by atoms with Crippen LogP contribution in [0.4, 0.5) is 11.4 Å². The molecule has 0 heterocycles. The van der Waals surface area contributed by atoms with Gasteiger partial charge in [-0.15, -0.1) is 0 Å². The van der Waals surface area contributed by atoms with Gasteiger partial charge in [-0.25, -0.2) is 0 Å². The van der Waals surface area contributed by atoms with Crippen LogP contribution >= 0.6 is 15.9 Å². The fourth-order valence-electron chi connectivity index (χ4n) is 1.38. The van der Waals surface area contributed by atoms with Gasteiger partial charge >= 0.3 is 0 Å². The van der Waals surface area contributed by atoms with Crippen LogP contribution in [0.1, 0.15) is 13.8 Å². The maximum Gasteiger partial charge on any atom is 0.0644 e. The van der Waals surface area contributed by atoms with Gasteiger partial charge in [0.15, 0.2) is 0 Å². The van der Waals surface area contributed by atoms with Crippen LogP contribution in [0, 0.1) is 0 Å². The predicted octanol–water partition coefficient (Wildman–Crippen LogP) is 2.89. The Bertz CT molecular complexity index is 342. The molecule has 0 amide bonds. The second-order valence-corrected chi connectivity index (χ2v) is 4.91. The van der Waals surface area contributed by atoms with Crippen LogP contribution in [0.2, 0.25) is 0 Å². The van der Waals surface area contributed by atoms with E-state index in [4.69, 9.17) is 10.5 Å². The zero-order valence-corrected chi connectivity index (χ0v) is 11.6. The maximum atomic E-state index is 5.69. The van der Waals surface area contributed by atoms with Gasteiger partial charge in [-0.1, -0.05) is 0 Å². The van der Waals surface area contributed by atoms with E-state index in [1.54, 1.807) is 0 Å². The molecule has 0 saturated heterocycles. The SMILES string of the molecule is CC(C)OCCN(C)c1ccc(N)cc1Br. The Morgan fingerprint density at radius 1 is 1.44 bits per heavy atom.